The summed E-state index contributed by atoms with van der Waals surface area (Å²) in [6.45, 7) is 0.682. The molecule has 9 heteroatoms. The lowest BCUT2D eigenvalue weighted by molar-refractivity contribution is -0.394. The molecule has 0 aliphatic rings. The standard InChI is InChI=1S/C10H12N4O5/c11-2-1-3-12-10(15)7-4-8(13(16)17)6-9(5-7)14(18)19/h4-6H,1-3,11H2,(H,12,15). The van der Waals surface area contributed by atoms with Crippen LogP contribution in [0.2, 0.25) is 0 Å². The Bertz CT molecular complexity index is 484. The van der Waals surface area contributed by atoms with Crippen LogP contribution in [0.25, 0.3) is 0 Å². The monoisotopic (exact) mass is 268 g/mol. The van der Waals surface area contributed by atoms with Crippen LogP contribution < -0.4 is 11.1 Å². The highest BCUT2D eigenvalue weighted by Crippen LogP contribution is 2.22. The van der Waals surface area contributed by atoms with Crippen LogP contribution in [0.3, 0.4) is 0 Å². The Morgan fingerprint density at radius 1 is 1.16 bits per heavy atom. The van der Waals surface area contributed by atoms with Crippen molar-refractivity contribution in [3.63, 3.8) is 0 Å². The van der Waals surface area contributed by atoms with Gasteiger partial charge in [0.2, 0.25) is 0 Å². The van der Waals surface area contributed by atoms with Crippen LogP contribution in [-0.2, 0) is 0 Å². The summed E-state index contributed by atoms with van der Waals surface area (Å²) in [5, 5.41) is 23.8. The highest BCUT2D eigenvalue weighted by molar-refractivity contribution is 5.95. The number of non-ortho nitro benzene ring substituents is 2. The second-order valence-corrected chi connectivity index (χ2v) is 3.65. The van der Waals surface area contributed by atoms with Gasteiger partial charge in [0.1, 0.15) is 0 Å². The molecule has 19 heavy (non-hydrogen) atoms. The number of carbonyl (C=O) groups is 1. The number of nitrogens with zero attached hydrogens (tertiary/aromatic N) is 2. The molecule has 0 aliphatic carbocycles. The second-order valence-electron chi connectivity index (χ2n) is 3.65. The number of nitrogens with two attached hydrogens (primary N) is 1. The van der Waals surface area contributed by atoms with E-state index in [0.717, 1.165) is 18.2 Å². The number of amides is 1. The van der Waals surface area contributed by atoms with Gasteiger partial charge >= 0.3 is 0 Å². The molecule has 0 radical (unpaired) electrons. The summed E-state index contributed by atoms with van der Waals surface area (Å²) in [5.41, 5.74) is 4.12. The summed E-state index contributed by atoms with van der Waals surface area (Å²) in [7, 11) is 0. The van der Waals surface area contributed by atoms with Crippen LogP contribution in [0.4, 0.5) is 11.4 Å². The van der Waals surface area contributed by atoms with Gasteiger partial charge in [0, 0.05) is 18.7 Å². The van der Waals surface area contributed by atoms with Gasteiger partial charge in [0.05, 0.1) is 21.5 Å². The molecular weight excluding hydrogens is 256 g/mol. The molecule has 0 fully saturated rings. The molecule has 3 N–H and O–H groups in total. The minimum absolute atomic E-state index is 0.127. The Kier molecular flexibility index (Phi) is 4.89. The van der Waals surface area contributed by atoms with Crippen molar-refractivity contribution in [1.82, 2.24) is 5.32 Å². The first-order valence-corrected chi connectivity index (χ1v) is 5.38. The molecule has 1 amide bonds. The first-order chi connectivity index (χ1) is 8.95. The van der Waals surface area contributed by atoms with Crippen LogP contribution in [-0.4, -0.2) is 28.8 Å². The number of rotatable bonds is 6. The van der Waals surface area contributed by atoms with Crippen molar-refractivity contribution in [3.05, 3.63) is 44.0 Å². The van der Waals surface area contributed by atoms with E-state index in [-0.39, 0.29) is 5.56 Å². The summed E-state index contributed by atoms with van der Waals surface area (Å²) in [5.74, 6) is -0.611. The Balaban J connectivity index is 3.02. The molecule has 0 bridgehead atoms. The molecule has 0 aromatic heterocycles. The number of nitro benzene ring substituents is 2. The van der Waals surface area contributed by atoms with E-state index in [1.807, 2.05) is 0 Å². The zero-order valence-corrected chi connectivity index (χ0v) is 9.87. The molecule has 0 spiro atoms. The van der Waals surface area contributed by atoms with Crippen LogP contribution in [0, 0.1) is 20.2 Å². The molecule has 0 saturated heterocycles. The molecule has 0 unspecified atom stereocenters. The van der Waals surface area contributed by atoms with Crippen molar-refractivity contribution in [3.8, 4) is 0 Å². The number of hydrogen-bond donors (Lipinski definition) is 2. The van der Waals surface area contributed by atoms with E-state index in [9.17, 15) is 25.0 Å². The summed E-state index contributed by atoms with van der Waals surface area (Å²) in [6, 6.07) is 2.78. The molecule has 0 heterocycles. The highest BCUT2D eigenvalue weighted by atomic mass is 16.6. The molecule has 0 saturated carbocycles. The summed E-state index contributed by atoms with van der Waals surface area (Å²) < 4.78 is 0. The summed E-state index contributed by atoms with van der Waals surface area (Å²) in [6.07, 6.45) is 0.544. The van der Waals surface area contributed by atoms with E-state index in [0.29, 0.717) is 19.5 Å². The number of nitrogens with one attached hydrogen (secondary N) is 1. The fourth-order valence-electron chi connectivity index (χ4n) is 1.34. The fraction of sp³-hybridized carbons (Fsp3) is 0.300. The smallest absolute Gasteiger partial charge is 0.277 e. The largest absolute Gasteiger partial charge is 0.352 e. The molecule has 0 atom stereocenters. The van der Waals surface area contributed by atoms with Gasteiger partial charge in [-0.3, -0.25) is 25.0 Å². The van der Waals surface area contributed by atoms with E-state index < -0.39 is 27.1 Å². The van der Waals surface area contributed by atoms with Crippen LogP contribution in [0.15, 0.2) is 18.2 Å². The molecule has 1 aromatic carbocycles. The van der Waals surface area contributed by atoms with Crippen molar-refractivity contribution in [2.45, 2.75) is 6.42 Å². The average molecular weight is 268 g/mol. The molecular formula is C10H12N4O5. The van der Waals surface area contributed by atoms with Gasteiger partial charge < -0.3 is 11.1 Å². The van der Waals surface area contributed by atoms with Crippen LogP contribution >= 0.6 is 0 Å². The number of carbonyl (C=O) groups excluding carboxylic acids is 1. The van der Waals surface area contributed by atoms with Crippen molar-refractivity contribution < 1.29 is 14.6 Å². The third-order valence-electron chi connectivity index (χ3n) is 2.25. The molecule has 0 aliphatic heterocycles. The van der Waals surface area contributed by atoms with E-state index in [1.54, 1.807) is 0 Å². The maximum atomic E-state index is 11.7. The Hall–Kier alpha value is -2.55. The van der Waals surface area contributed by atoms with E-state index in [1.165, 1.54) is 0 Å². The van der Waals surface area contributed by atoms with Crippen molar-refractivity contribution in [1.29, 1.82) is 0 Å². The van der Waals surface area contributed by atoms with Gasteiger partial charge in [-0.2, -0.15) is 0 Å². The van der Waals surface area contributed by atoms with Crippen molar-refractivity contribution in [2.75, 3.05) is 13.1 Å². The molecule has 1 aromatic rings. The van der Waals surface area contributed by atoms with E-state index >= 15 is 0 Å². The summed E-state index contributed by atoms with van der Waals surface area (Å²) >= 11 is 0. The molecule has 102 valence electrons. The SMILES string of the molecule is NCCCNC(=O)c1cc([N+](=O)[O-])cc([N+](=O)[O-])c1. The average Bonchev–Trinajstić information content (AvgIpc) is 2.38. The predicted molar refractivity (Wildman–Crippen MR) is 65.8 cm³/mol. The van der Waals surface area contributed by atoms with E-state index in [4.69, 9.17) is 5.73 Å². The van der Waals surface area contributed by atoms with Crippen molar-refractivity contribution in [2.24, 2.45) is 5.73 Å². The second kappa shape index (κ2) is 6.40. The van der Waals surface area contributed by atoms with E-state index in [2.05, 4.69) is 5.32 Å². The van der Waals surface area contributed by atoms with Crippen LogP contribution in [0.5, 0.6) is 0 Å². The van der Waals surface area contributed by atoms with Gasteiger partial charge in [0.15, 0.2) is 0 Å². The van der Waals surface area contributed by atoms with Gasteiger partial charge in [-0.1, -0.05) is 0 Å². The topological polar surface area (TPSA) is 141 Å². The lowest BCUT2D eigenvalue weighted by Crippen LogP contribution is -2.26. The number of hydrogen-bond acceptors (Lipinski definition) is 6. The third-order valence-corrected chi connectivity index (χ3v) is 2.25. The predicted octanol–water partition coefficient (Wildman–Crippen LogP) is 0.582. The Morgan fingerprint density at radius 2 is 1.68 bits per heavy atom. The Labute approximate surface area is 107 Å². The normalized spacial score (nSPS) is 9.95. The quantitative estimate of drug-likeness (QED) is 0.439. The van der Waals surface area contributed by atoms with Gasteiger partial charge in [-0.15, -0.1) is 0 Å². The zero-order chi connectivity index (χ0) is 14.4. The molecule has 1 rings (SSSR count). The maximum absolute atomic E-state index is 11.7. The molecule has 9 nitrogen and oxygen atoms in total. The van der Waals surface area contributed by atoms with Gasteiger partial charge in [0.25, 0.3) is 17.3 Å². The maximum Gasteiger partial charge on any atom is 0.277 e. The number of benzene rings is 1. The lowest BCUT2D eigenvalue weighted by atomic mass is 10.1. The Morgan fingerprint density at radius 3 is 2.11 bits per heavy atom. The lowest BCUT2D eigenvalue weighted by Gasteiger charge is -2.04. The fourth-order valence-corrected chi connectivity index (χ4v) is 1.34. The van der Waals surface area contributed by atoms with Crippen LogP contribution in [0.1, 0.15) is 16.8 Å². The minimum atomic E-state index is -0.788. The zero-order valence-electron chi connectivity index (χ0n) is 9.87. The highest BCUT2D eigenvalue weighted by Gasteiger charge is 2.19. The third kappa shape index (κ3) is 4.00. The summed E-state index contributed by atoms with van der Waals surface area (Å²) in [4.78, 5) is 31.4. The van der Waals surface area contributed by atoms with Crippen molar-refractivity contribution >= 4 is 17.3 Å². The van der Waals surface area contributed by atoms with Gasteiger partial charge in [-0.25, -0.2) is 0 Å². The van der Waals surface area contributed by atoms with Gasteiger partial charge in [-0.05, 0) is 13.0 Å². The number of nitro groups is 2. The first kappa shape index (κ1) is 14.5. The first-order valence-electron chi connectivity index (χ1n) is 5.38. The minimum Gasteiger partial charge on any atom is -0.352 e.